The topological polar surface area (TPSA) is 34.1 Å². The molecule has 0 aromatic rings. The van der Waals surface area contributed by atoms with Crippen LogP contribution in [0.2, 0.25) is 0 Å². The standard InChI is InChI=1S/C11H14F2O2/c1-6-8(11(4,12)13)7(14)5-10(2,3)9(6)15/h5H2,1-4H3. The van der Waals surface area contributed by atoms with Gasteiger partial charge in [-0.05, 0) is 6.92 Å². The fourth-order valence-electron chi connectivity index (χ4n) is 1.97. The molecule has 0 aromatic carbocycles. The summed E-state index contributed by atoms with van der Waals surface area (Å²) in [5, 5.41) is 0. The maximum absolute atomic E-state index is 13.1. The molecule has 0 N–H and O–H groups in total. The average Bonchev–Trinajstić information content (AvgIpc) is 1.96. The second kappa shape index (κ2) is 3.22. The van der Waals surface area contributed by atoms with Crippen LogP contribution >= 0.6 is 0 Å². The Hall–Kier alpha value is -1.06. The molecule has 15 heavy (non-hydrogen) atoms. The zero-order chi connectivity index (χ0) is 12.0. The van der Waals surface area contributed by atoms with Crippen molar-refractivity contribution in [3.63, 3.8) is 0 Å². The predicted octanol–water partition coefficient (Wildman–Crippen LogP) is 2.53. The van der Waals surface area contributed by atoms with Crippen molar-refractivity contribution in [3.05, 3.63) is 11.1 Å². The number of hydrogen-bond donors (Lipinski definition) is 0. The number of alkyl halides is 2. The van der Waals surface area contributed by atoms with Crippen LogP contribution in [0.4, 0.5) is 8.78 Å². The minimum absolute atomic E-state index is 0.0937. The molecule has 0 aromatic heterocycles. The molecule has 0 spiro atoms. The van der Waals surface area contributed by atoms with Crippen LogP contribution in [-0.4, -0.2) is 17.5 Å². The Morgan fingerprint density at radius 3 is 2.13 bits per heavy atom. The summed E-state index contributed by atoms with van der Waals surface area (Å²) in [6, 6.07) is 0. The van der Waals surface area contributed by atoms with E-state index in [2.05, 4.69) is 0 Å². The maximum Gasteiger partial charge on any atom is 0.274 e. The zero-order valence-electron chi connectivity index (χ0n) is 9.28. The van der Waals surface area contributed by atoms with Crippen molar-refractivity contribution in [1.82, 2.24) is 0 Å². The second-order valence-corrected chi connectivity index (χ2v) is 4.70. The number of rotatable bonds is 1. The van der Waals surface area contributed by atoms with Gasteiger partial charge in [0, 0.05) is 24.3 Å². The first-order chi connectivity index (χ1) is 6.57. The van der Waals surface area contributed by atoms with Gasteiger partial charge in [-0.2, -0.15) is 0 Å². The minimum atomic E-state index is -3.23. The molecule has 84 valence electrons. The van der Waals surface area contributed by atoms with Crippen LogP contribution in [0.5, 0.6) is 0 Å². The Morgan fingerprint density at radius 2 is 1.73 bits per heavy atom. The lowest BCUT2D eigenvalue weighted by atomic mass is 9.72. The van der Waals surface area contributed by atoms with Crippen molar-refractivity contribution in [1.29, 1.82) is 0 Å². The molecule has 0 amide bonds. The van der Waals surface area contributed by atoms with Gasteiger partial charge in [0.05, 0.1) is 5.57 Å². The largest absolute Gasteiger partial charge is 0.294 e. The number of halogens is 2. The van der Waals surface area contributed by atoms with Crippen molar-refractivity contribution in [2.75, 3.05) is 0 Å². The fraction of sp³-hybridized carbons (Fsp3) is 0.636. The van der Waals surface area contributed by atoms with Gasteiger partial charge in [0.15, 0.2) is 11.6 Å². The monoisotopic (exact) mass is 216 g/mol. The van der Waals surface area contributed by atoms with E-state index < -0.39 is 22.7 Å². The van der Waals surface area contributed by atoms with Gasteiger partial charge < -0.3 is 0 Å². The first kappa shape index (κ1) is 12.0. The first-order valence-electron chi connectivity index (χ1n) is 4.74. The average molecular weight is 216 g/mol. The van der Waals surface area contributed by atoms with E-state index in [1.807, 2.05) is 0 Å². The van der Waals surface area contributed by atoms with Crippen LogP contribution in [0.3, 0.4) is 0 Å². The summed E-state index contributed by atoms with van der Waals surface area (Å²) in [6.07, 6.45) is -0.137. The number of allylic oxidation sites excluding steroid dienone is 2. The summed E-state index contributed by atoms with van der Waals surface area (Å²) in [4.78, 5) is 23.2. The van der Waals surface area contributed by atoms with Crippen molar-refractivity contribution in [2.24, 2.45) is 5.41 Å². The highest BCUT2D eigenvalue weighted by atomic mass is 19.3. The van der Waals surface area contributed by atoms with Crippen molar-refractivity contribution in [3.8, 4) is 0 Å². The quantitative estimate of drug-likeness (QED) is 0.675. The number of carbonyl (C=O) groups is 2. The third kappa shape index (κ3) is 1.98. The Kier molecular flexibility index (Phi) is 2.58. The summed E-state index contributed by atoms with van der Waals surface area (Å²) in [5.41, 5.74) is -1.56. The van der Waals surface area contributed by atoms with Crippen molar-refractivity contribution in [2.45, 2.75) is 40.0 Å². The summed E-state index contributed by atoms with van der Waals surface area (Å²) in [7, 11) is 0. The molecule has 1 aliphatic rings. The van der Waals surface area contributed by atoms with Gasteiger partial charge in [-0.1, -0.05) is 13.8 Å². The molecule has 0 aliphatic heterocycles. The Bertz CT molecular complexity index is 359. The number of Topliss-reactive ketones (excluding diaryl/α,β-unsaturated/α-hetero) is 2. The van der Waals surface area contributed by atoms with Crippen LogP contribution in [0.15, 0.2) is 11.1 Å². The third-order valence-corrected chi connectivity index (χ3v) is 2.65. The second-order valence-electron chi connectivity index (χ2n) is 4.70. The molecule has 0 fully saturated rings. The SMILES string of the molecule is CC1=C(C(C)(F)F)C(=O)CC(C)(C)C1=O. The van der Waals surface area contributed by atoms with Crippen LogP contribution < -0.4 is 0 Å². The Labute approximate surface area is 87.3 Å². The highest BCUT2D eigenvalue weighted by molar-refractivity contribution is 6.14. The molecule has 0 saturated heterocycles. The van der Waals surface area contributed by atoms with E-state index in [0.717, 1.165) is 0 Å². The molecule has 0 radical (unpaired) electrons. The molecule has 0 bridgehead atoms. The van der Waals surface area contributed by atoms with Crippen molar-refractivity contribution >= 4 is 11.6 Å². The molecule has 0 unspecified atom stereocenters. The zero-order valence-corrected chi connectivity index (χ0v) is 9.28. The summed E-state index contributed by atoms with van der Waals surface area (Å²) < 4.78 is 26.2. The Balaban J connectivity index is 3.34. The minimum Gasteiger partial charge on any atom is -0.294 e. The summed E-state index contributed by atoms with van der Waals surface area (Å²) in [5.74, 6) is -4.21. The molecule has 0 atom stereocenters. The van der Waals surface area contributed by atoms with Gasteiger partial charge >= 0.3 is 0 Å². The third-order valence-electron chi connectivity index (χ3n) is 2.65. The number of hydrogen-bond acceptors (Lipinski definition) is 2. The predicted molar refractivity (Wildman–Crippen MR) is 51.7 cm³/mol. The van der Waals surface area contributed by atoms with Gasteiger partial charge in [-0.25, -0.2) is 8.78 Å². The smallest absolute Gasteiger partial charge is 0.274 e. The first-order valence-corrected chi connectivity index (χ1v) is 4.74. The van der Waals surface area contributed by atoms with Crippen LogP contribution in [-0.2, 0) is 9.59 Å². The molecule has 0 saturated carbocycles. The highest BCUT2D eigenvalue weighted by Gasteiger charge is 2.45. The molecule has 2 nitrogen and oxygen atoms in total. The number of carbonyl (C=O) groups excluding carboxylic acids is 2. The molecular weight excluding hydrogens is 202 g/mol. The van der Waals surface area contributed by atoms with E-state index in [1.54, 1.807) is 13.8 Å². The normalized spacial score (nSPS) is 22.3. The highest BCUT2D eigenvalue weighted by Crippen LogP contribution is 2.39. The summed E-state index contributed by atoms with van der Waals surface area (Å²) in [6.45, 7) is 5.14. The van der Waals surface area contributed by atoms with Crippen LogP contribution in [0, 0.1) is 5.41 Å². The van der Waals surface area contributed by atoms with E-state index in [-0.39, 0.29) is 17.8 Å². The lowest BCUT2D eigenvalue weighted by Crippen LogP contribution is -2.39. The van der Waals surface area contributed by atoms with E-state index in [0.29, 0.717) is 6.92 Å². The summed E-state index contributed by atoms with van der Waals surface area (Å²) >= 11 is 0. The van der Waals surface area contributed by atoms with E-state index in [1.165, 1.54) is 6.92 Å². The lowest BCUT2D eigenvalue weighted by Gasteiger charge is -2.31. The van der Waals surface area contributed by atoms with Gasteiger partial charge in [-0.3, -0.25) is 9.59 Å². The van der Waals surface area contributed by atoms with Gasteiger partial charge in [-0.15, -0.1) is 0 Å². The molecule has 1 rings (SSSR count). The molecule has 0 heterocycles. The maximum atomic E-state index is 13.1. The van der Waals surface area contributed by atoms with Crippen LogP contribution in [0.1, 0.15) is 34.1 Å². The Morgan fingerprint density at radius 1 is 1.27 bits per heavy atom. The number of ketones is 2. The van der Waals surface area contributed by atoms with E-state index in [9.17, 15) is 18.4 Å². The van der Waals surface area contributed by atoms with Gasteiger partial charge in [0.1, 0.15) is 0 Å². The van der Waals surface area contributed by atoms with Crippen molar-refractivity contribution < 1.29 is 18.4 Å². The molecule has 1 aliphatic carbocycles. The van der Waals surface area contributed by atoms with Gasteiger partial charge in [0.25, 0.3) is 5.92 Å². The molecular formula is C11H14F2O2. The van der Waals surface area contributed by atoms with Crippen LogP contribution in [0.25, 0.3) is 0 Å². The lowest BCUT2D eigenvalue weighted by molar-refractivity contribution is -0.132. The molecule has 4 heteroatoms. The van der Waals surface area contributed by atoms with E-state index in [4.69, 9.17) is 0 Å². The fourth-order valence-corrected chi connectivity index (χ4v) is 1.97. The van der Waals surface area contributed by atoms with E-state index >= 15 is 0 Å². The van der Waals surface area contributed by atoms with Gasteiger partial charge in [0.2, 0.25) is 0 Å².